The first-order valence-electron chi connectivity index (χ1n) is 7.96. The number of nitrogens with one attached hydrogen (secondary N) is 2. The van der Waals surface area contributed by atoms with Crippen molar-refractivity contribution in [3.8, 4) is 0 Å². The summed E-state index contributed by atoms with van der Waals surface area (Å²) in [6.07, 6.45) is 0. The lowest BCUT2D eigenvalue weighted by Gasteiger charge is -2.17. The molecule has 5 nitrogen and oxygen atoms in total. The molecule has 4 rings (SSSR count). The van der Waals surface area contributed by atoms with E-state index in [0.29, 0.717) is 22.8 Å². The van der Waals surface area contributed by atoms with E-state index >= 15 is 0 Å². The maximum Gasteiger partial charge on any atom is 0.251 e. The van der Waals surface area contributed by atoms with Crippen molar-refractivity contribution < 1.29 is 14.0 Å². The van der Waals surface area contributed by atoms with Gasteiger partial charge in [0.15, 0.2) is 0 Å². The maximum atomic E-state index is 12.5. The van der Waals surface area contributed by atoms with E-state index in [-0.39, 0.29) is 17.9 Å². The van der Waals surface area contributed by atoms with Crippen LogP contribution in [0, 0.1) is 0 Å². The Labute approximate surface area is 148 Å². The molecule has 2 amide bonds. The molecule has 0 radical (unpaired) electrons. The second kappa shape index (κ2) is 6.29. The second-order valence-electron chi connectivity index (χ2n) is 5.93. The van der Waals surface area contributed by atoms with Crippen molar-refractivity contribution in [3.05, 3.63) is 59.9 Å². The number of carbonyl (C=O) groups excluding carboxylic acids is 2. The Morgan fingerprint density at radius 3 is 2.92 bits per heavy atom. The molecule has 0 fully saturated rings. The van der Waals surface area contributed by atoms with Crippen LogP contribution < -0.4 is 10.6 Å². The molecular weight excluding hydrogens is 336 g/mol. The van der Waals surface area contributed by atoms with Crippen LogP contribution in [0.25, 0.3) is 11.0 Å². The van der Waals surface area contributed by atoms with Crippen molar-refractivity contribution in [2.45, 2.75) is 17.9 Å². The molecule has 0 saturated heterocycles. The number of rotatable bonds is 3. The third-order valence-electron chi connectivity index (χ3n) is 4.09. The van der Waals surface area contributed by atoms with Crippen molar-refractivity contribution in [1.29, 1.82) is 0 Å². The van der Waals surface area contributed by atoms with Crippen LogP contribution in [0.5, 0.6) is 0 Å². The fourth-order valence-electron chi connectivity index (χ4n) is 2.79. The first-order chi connectivity index (χ1) is 12.1. The van der Waals surface area contributed by atoms with E-state index in [2.05, 4.69) is 10.6 Å². The predicted molar refractivity (Wildman–Crippen MR) is 97.9 cm³/mol. The number of anilines is 1. The van der Waals surface area contributed by atoms with E-state index in [1.807, 2.05) is 43.3 Å². The molecule has 1 aliphatic heterocycles. The Hall–Kier alpha value is -2.73. The minimum Gasteiger partial charge on any atom is -0.459 e. The van der Waals surface area contributed by atoms with E-state index in [1.165, 1.54) is 11.8 Å². The normalized spacial score (nSPS) is 14.7. The summed E-state index contributed by atoms with van der Waals surface area (Å²) in [5.74, 6) is 0.851. The van der Waals surface area contributed by atoms with Gasteiger partial charge in [-0.1, -0.05) is 18.2 Å². The smallest absolute Gasteiger partial charge is 0.251 e. The highest BCUT2D eigenvalue weighted by atomic mass is 32.2. The number of benzene rings is 2. The van der Waals surface area contributed by atoms with Crippen molar-refractivity contribution in [2.75, 3.05) is 11.1 Å². The van der Waals surface area contributed by atoms with Gasteiger partial charge in [0.2, 0.25) is 5.91 Å². The molecule has 1 aromatic heterocycles. The summed E-state index contributed by atoms with van der Waals surface area (Å²) in [4.78, 5) is 25.0. The molecule has 1 atom stereocenters. The topological polar surface area (TPSA) is 71.3 Å². The lowest BCUT2D eigenvalue weighted by Crippen LogP contribution is -2.27. The van der Waals surface area contributed by atoms with Gasteiger partial charge in [0.25, 0.3) is 5.91 Å². The molecule has 25 heavy (non-hydrogen) atoms. The van der Waals surface area contributed by atoms with E-state index in [1.54, 1.807) is 12.1 Å². The summed E-state index contributed by atoms with van der Waals surface area (Å²) in [5.41, 5.74) is 1.99. The summed E-state index contributed by atoms with van der Waals surface area (Å²) in [6.45, 7) is 1.88. The van der Waals surface area contributed by atoms with Crippen LogP contribution in [-0.4, -0.2) is 17.6 Å². The van der Waals surface area contributed by atoms with Gasteiger partial charge in [-0.3, -0.25) is 9.59 Å². The number of hydrogen-bond donors (Lipinski definition) is 2. The van der Waals surface area contributed by atoms with E-state index in [9.17, 15) is 9.59 Å². The Bertz CT molecular complexity index is 947. The van der Waals surface area contributed by atoms with Crippen LogP contribution in [0.2, 0.25) is 0 Å². The van der Waals surface area contributed by atoms with Gasteiger partial charge in [-0.2, -0.15) is 0 Å². The van der Waals surface area contributed by atoms with Gasteiger partial charge in [0.05, 0.1) is 17.5 Å². The third kappa shape index (κ3) is 3.13. The minimum absolute atomic E-state index is 0.0503. The molecule has 2 aromatic carbocycles. The third-order valence-corrected chi connectivity index (χ3v) is 5.17. The average molecular weight is 352 g/mol. The number of para-hydroxylation sites is 1. The lowest BCUT2D eigenvalue weighted by atomic mass is 10.1. The Balaban J connectivity index is 1.53. The molecule has 0 saturated carbocycles. The molecule has 2 heterocycles. The van der Waals surface area contributed by atoms with Crippen LogP contribution in [0.15, 0.2) is 57.8 Å². The lowest BCUT2D eigenvalue weighted by molar-refractivity contribution is -0.113. The molecule has 0 aliphatic carbocycles. The van der Waals surface area contributed by atoms with Crippen LogP contribution in [-0.2, 0) is 4.79 Å². The molecule has 2 N–H and O–H groups in total. The molecule has 126 valence electrons. The van der Waals surface area contributed by atoms with Crippen molar-refractivity contribution >= 4 is 40.2 Å². The summed E-state index contributed by atoms with van der Waals surface area (Å²) in [5, 5.41) is 6.75. The molecule has 6 heteroatoms. The highest BCUT2D eigenvalue weighted by Gasteiger charge is 2.19. The fourth-order valence-corrected chi connectivity index (χ4v) is 3.58. The van der Waals surface area contributed by atoms with Gasteiger partial charge >= 0.3 is 0 Å². The summed E-state index contributed by atoms with van der Waals surface area (Å²) < 4.78 is 5.80. The molecular formula is C19H16N2O3S. The van der Waals surface area contributed by atoms with Gasteiger partial charge in [-0.25, -0.2) is 0 Å². The Morgan fingerprint density at radius 1 is 1.24 bits per heavy atom. The van der Waals surface area contributed by atoms with Crippen LogP contribution in [0.3, 0.4) is 0 Å². The van der Waals surface area contributed by atoms with Crippen LogP contribution >= 0.6 is 11.8 Å². The van der Waals surface area contributed by atoms with Gasteiger partial charge in [0, 0.05) is 15.8 Å². The zero-order valence-electron chi connectivity index (χ0n) is 13.5. The maximum absolute atomic E-state index is 12.5. The summed E-state index contributed by atoms with van der Waals surface area (Å²) in [6, 6.07) is 14.7. The zero-order valence-corrected chi connectivity index (χ0v) is 14.4. The number of carbonyl (C=O) groups is 2. The molecule has 1 aliphatic rings. The number of furan rings is 1. The molecule has 0 bridgehead atoms. The van der Waals surface area contributed by atoms with Crippen molar-refractivity contribution in [2.24, 2.45) is 0 Å². The Kier molecular flexibility index (Phi) is 3.97. The standard InChI is InChI=1S/C19H16N2O3S/c1-11(16-9-12-4-2-3-5-15(12)24-16)20-19(23)13-6-7-17-14(8-13)21-18(22)10-25-17/h2-9,11H,10H2,1H3,(H,20,23)(H,21,22). The fraction of sp³-hybridized carbons (Fsp3) is 0.158. The SMILES string of the molecule is CC(NC(=O)c1ccc2c(c1)NC(=O)CS2)c1cc2ccccc2o1. The number of amides is 2. The number of thioether (sulfide) groups is 1. The second-order valence-corrected chi connectivity index (χ2v) is 6.95. The highest BCUT2D eigenvalue weighted by Crippen LogP contribution is 2.32. The van der Waals surface area contributed by atoms with Crippen LogP contribution in [0.4, 0.5) is 5.69 Å². The monoisotopic (exact) mass is 352 g/mol. The average Bonchev–Trinajstić information content (AvgIpc) is 3.05. The van der Waals surface area contributed by atoms with Crippen molar-refractivity contribution in [1.82, 2.24) is 5.32 Å². The first-order valence-corrected chi connectivity index (χ1v) is 8.95. The summed E-state index contributed by atoms with van der Waals surface area (Å²) >= 11 is 1.47. The molecule has 1 unspecified atom stereocenters. The summed E-state index contributed by atoms with van der Waals surface area (Å²) in [7, 11) is 0. The largest absolute Gasteiger partial charge is 0.459 e. The van der Waals surface area contributed by atoms with Gasteiger partial charge < -0.3 is 15.1 Å². The van der Waals surface area contributed by atoms with E-state index in [4.69, 9.17) is 4.42 Å². The van der Waals surface area contributed by atoms with E-state index < -0.39 is 0 Å². The van der Waals surface area contributed by atoms with Crippen LogP contribution in [0.1, 0.15) is 29.1 Å². The first kappa shape index (κ1) is 15.8. The quantitative estimate of drug-likeness (QED) is 0.748. The molecule has 3 aromatic rings. The van der Waals surface area contributed by atoms with E-state index in [0.717, 1.165) is 15.9 Å². The minimum atomic E-state index is -0.264. The zero-order chi connectivity index (χ0) is 17.4. The van der Waals surface area contributed by atoms with Gasteiger partial charge in [-0.15, -0.1) is 11.8 Å². The number of hydrogen-bond acceptors (Lipinski definition) is 4. The molecule has 0 spiro atoms. The highest BCUT2D eigenvalue weighted by molar-refractivity contribution is 8.00. The predicted octanol–water partition coefficient (Wildman–Crippen LogP) is 3.97. The Morgan fingerprint density at radius 2 is 2.08 bits per heavy atom. The van der Waals surface area contributed by atoms with Gasteiger partial charge in [-0.05, 0) is 37.3 Å². The number of fused-ring (bicyclic) bond motifs is 2. The van der Waals surface area contributed by atoms with Crippen molar-refractivity contribution in [3.63, 3.8) is 0 Å². The van der Waals surface area contributed by atoms with Gasteiger partial charge in [0.1, 0.15) is 11.3 Å².